The van der Waals surface area contributed by atoms with Gasteiger partial charge in [0.1, 0.15) is 5.75 Å². The fourth-order valence-electron chi connectivity index (χ4n) is 2.41. The Morgan fingerprint density at radius 2 is 1.85 bits per heavy atom. The number of rotatable bonds is 3. The maximum atomic E-state index is 12.0. The lowest BCUT2D eigenvalue weighted by Gasteiger charge is -2.26. The van der Waals surface area contributed by atoms with E-state index < -0.39 is 5.97 Å². The number of carbonyl (C=O) groups excluding carboxylic acids is 1. The number of halogens is 1. The highest BCUT2D eigenvalue weighted by Crippen LogP contribution is 2.26. The number of amides is 1. The summed E-state index contributed by atoms with van der Waals surface area (Å²) < 4.78 is 0.538. The van der Waals surface area contributed by atoms with Crippen molar-refractivity contribution in [2.45, 2.75) is 31.7 Å². The van der Waals surface area contributed by atoms with Gasteiger partial charge in [0.05, 0.1) is 10.4 Å². The molecule has 20 heavy (non-hydrogen) atoms. The van der Waals surface area contributed by atoms with E-state index in [0.717, 1.165) is 0 Å². The first kappa shape index (κ1) is 14.8. The van der Waals surface area contributed by atoms with Gasteiger partial charge in [0.15, 0.2) is 0 Å². The summed E-state index contributed by atoms with van der Waals surface area (Å²) in [6.45, 7) is 0. The lowest BCUT2D eigenvalue weighted by molar-refractivity contribution is -0.142. The lowest BCUT2D eigenvalue weighted by atomic mass is 9.86. The number of carbonyl (C=O) groups is 2. The van der Waals surface area contributed by atoms with Gasteiger partial charge in [-0.05, 0) is 59.8 Å². The van der Waals surface area contributed by atoms with Crippen LogP contribution in [0.3, 0.4) is 0 Å². The third kappa shape index (κ3) is 3.50. The Morgan fingerprint density at radius 1 is 1.20 bits per heavy atom. The molecule has 3 N–H and O–H groups in total. The van der Waals surface area contributed by atoms with Crippen LogP contribution in [0.1, 0.15) is 36.0 Å². The average molecular weight is 342 g/mol. The summed E-state index contributed by atoms with van der Waals surface area (Å²) in [6.07, 6.45) is 2.52. The quantitative estimate of drug-likeness (QED) is 0.788. The second-order valence-electron chi connectivity index (χ2n) is 5.03. The van der Waals surface area contributed by atoms with Crippen molar-refractivity contribution in [2.75, 3.05) is 0 Å². The fourth-order valence-corrected chi connectivity index (χ4v) is 2.65. The fraction of sp³-hybridized carbons (Fsp3) is 0.429. The second kappa shape index (κ2) is 6.26. The summed E-state index contributed by atoms with van der Waals surface area (Å²) in [5.74, 6) is -1.27. The van der Waals surface area contributed by atoms with Crippen LogP contribution in [0.15, 0.2) is 22.7 Å². The zero-order chi connectivity index (χ0) is 14.7. The van der Waals surface area contributed by atoms with Crippen molar-refractivity contribution in [3.63, 3.8) is 0 Å². The highest BCUT2D eigenvalue weighted by molar-refractivity contribution is 9.10. The molecule has 0 aromatic heterocycles. The highest BCUT2D eigenvalue weighted by atomic mass is 79.9. The monoisotopic (exact) mass is 341 g/mol. The minimum atomic E-state index is -0.757. The number of benzene rings is 1. The molecule has 1 aliphatic carbocycles. The molecule has 0 bridgehead atoms. The van der Waals surface area contributed by atoms with Gasteiger partial charge in [-0.3, -0.25) is 9.59 Å². The number of hydrogen-bond donors (Lipinski definition) is 3. The van der Waals surface area contributed by atoms with Crippen molar-refractivity contribution in [2.24, 2.45) is 5.92 Å². The summed E-state index contributed by atoms with van der Waals surface area (Å²) >= 11 is 3.16. The van der Waals surface area contributed by atoms with Crippen LogP contribution in [-0.4, -0.2) is 28.1 Å². The molecule has 108 valence electrons. The lowest BCUT2D eigenvalue weighted by Crippen LogP contribution is -2.38. The van der Waals surface area contributed by atoms with Crippen molar-refractivity contribution >= 4 is 27.8 Å². The normalized spacial score (nSPS) is 22.2. The van der Waals surface area contributed by atoms with Crippen LogP contribution in [0.4, 0.5) is 0 Å². The van der Waals surface area contributed by atoms with E-state index in [0.29, 0.717) is 35.7 Å². The number of aliphatic carboxylic acids is 1. The molecule has 0 aliphatic heterocycles. The molecule has 0 radical (unpaired) electrons. The molecule has 1 aromatic carbocycles. The molecule has 5 nitrogen and oxygen atoms in total. The smallest absolute Gasteiger partial charge is 0.306 e. The standard InChI is InChI=1S/C14H16BrNO4/c15-11-6-3-9(7-12(11)17)13(18)16-10-4-1-8(2-5-10)14(19)20/h3,6-8,10,17H,1-2,4-5H2,(H,16,18)(H,19,20). The first-order chi connectivity index (χ1) is 9.47. The summed E-state index contributed by atoms with van der Waals surface area (Å²) in [4.78, 5) is 22.9. The minimum absolute atomic E-state index is 0.00360. The molecule has 1 saturated carbocycles. The van der Waals surface area contributed by atoms with Crippen molar-refractivity contribution in [1.29, 1.82) is 0 Å². The Labute approximate surface area is 125 Å². The predicted octanol–water partition coefficient (Wildman–Crippen LogP) is 2.53. The molecule has 6 heteroatoms. The van der Waals surface area contributed by atoms with E-state index in [1.165, 1.54) is 6.07 Å². The van der Waals surface area contributed by atoms with Crippen LogP contribution in [0.5, 0.6) is 5.75 Å². The SMILES string of the molecule is O=C(NC1CCC(C(=O)O)CC1)c1ccc(Br)c(O)c1. The number of carboxylic acids is 1. The molecule has 1 amide bonds. The molecule has 2 rings (SSSR count). The number of aromatic hydroxyl groups is 1. The van der Waals surface area contributed by atoms with Crippen molar-refractivity contribution in [3.8, 4) is 5.75 Å². The molecule has 0 saturated heterocycles. The van der Waals surface area contributed by atoms with Crippen LogP contribution in [0.2, 0.25) is 0 Å². The van der Waals surface area contributed by atoms with Gasteiger partial charge in [0.25, 0.3) is 5.91 Å². The maximum Gasteiger partial charge on any atom is 0.306 e. The van der Waals surface area contributed by atoms with Crippen molar-refractivity contribution in [3.05, 3.63) is 28.2 Å². The van der Waals surface area contributed by atoms with Crippen molar-refractivity contribution < 1.29 is 19.8 Å². The maximum absolute atomic E-state index is 12.0. The van der Waals surface area contributed by atoms with E-state index >= 15 is 0 Å². The third-order valence-electron chi connectivity index (χ3n) is 3.62. The first-order valence-electron chi connectivity index (χ1n) is 6.49. The Hall–Kier alpha value is -1.56. The summed E-state index contributed by atoms with van der Waals surface area (Å²) in [6, 6.07) is 4.65. The zero-order valence-electron chi connectivity index (χ0n) is 10.8. The van der Waals surface area contributed by atoms with Crippen LogP contribution in [0, 0.1) is 5.92 Å². The number of nitrogens with one attached hydrogen (secondary N) is 1. The number of hydrogen-bond acceptors (Lipinski definition) is 3. The Kier molecular flexibility index (Phi) is 4.65. The number of carboxylic acid groups (broad SMARTS) is 1. The van der Waals surface area contributed by atoms with E-state index in [2.05, 4.69) is 21.2 Å². The van der Waals surface area contributed by atoms with Crippen molar-refractivity contribution in [1.82, 2.24) is 5.32 Å². The van der Waals surface area contributed by atoms with Gasteiger partial charge >= 0.3 is 5.97 Å². The highest BCUT2D eigenvalue weighted by Gasteiger charge is 2.26. The van der Waals surface area contributed by atoms with Gasteiger partial charge in [0, 0.05) is 11.6 Å². The third-order valence-corrected chi connectivity index (χ3v) is 4.29. The van der Waals surface area contributed by atoms with Crippen LogP contribution < -0.4 is 5.32 Å². The molecule has 0 heterocycles. The Balaban J connectivity index is 1.92. The molecular formula is C14H16BrNO4. The predicted molar refractivity (Wildman–Crippen MR) is 76.7 cm³/mol. The van der Waals surface area contributed by atoms with Crippen LogP contribution in [-0.2, 0) is 4.79 Å². The largest absolute Gasteiger partial charge is 0.507 e. The minimum Gasteiger partial charge on any atom is -0.507 e. The second-order valence-corrected chi connectivity index (χ2v) is 5.88. The first-order valence-corrected chi connectivity index (χ1v) is 7.29. The molecule has 0 unspecified atom stereocenters. The van der Waals surface area contributed by atoms with E-state index in [1.807, 2.05) is 0 Å². The molecule has 1 aromatic rings. The average Bonchev–Trinajstić information content (AvgIpc) is 2.42. The molecule has 1 fully saturated rings. The van der Waals surface area contributed by atoms with E-state index in [1.54, 1.807) is 12.1 Å². The molecule has 1 aliphatic rings. The summed E-state index contributed by atoms with van der Waals surface area (Å²) in [5.41, 5.74) is 0.394. The topological polar surface area (TPSA) is 86.6 Å². The van der Waals surface area contributed by atoms with Crippen LogP contribution in [0.25, 0.3) is 0 Å². The zero-order valence-corrected chi connectivity index (χ0v) is 12.4. The summed E-state index contributed by atoms with van der Waals surface area (Å²) in [5, 5.41) is 21.4. The van der Waals surface area contributed by atoms with Crippen LogP contribution >= 0.6 is 15.9 Å². The number of phenols is 1. The Morgan fingerprint density at radius 3 is 2.40 bits per heavy atom. The van der Waals surface area contributed by atoms with Gasteiger partial charge in [-0.15, -0.1) is 0 Å². The Bertz CT molecular complexity index is 524. The van der Waals surface area contributed by atoms with Gasteiger partial charge in [-0.25, -0.2) is 0 Å². The molecule has 0 atom stereocenters. The van der Waals surface area contributed by atoms with Gasteiger partial charge < -0.3 is 15.5 Å². The van der Waals surface area contributed by atoms with E-state index in [4.69, 9.17) is 5.11 Å². The summed E-state index contributed by atoms with van der Waals surface area (Å²) in [7, 11) is 0. The van der Waals surface area contributed by atoms with E-state index in [9.17, 15) is 14.7 Å². The number of phenolic OH excluding ortho intramolecular Hbond substituents is 1. The van der Waals surface area contributed by atoms with E-state index in [-0.39, 0.29) is 23.6 Å². The van der Waals surface area contributed by atoms with Gasteiger partial charge in [-0.1, -0.05) is 0 Å². The molecular weight excluding hydrogens is 326 g/mol. The van der Waals surface area contributed by atoms with Gasteiger partial charge in [0.2, 0.25) is 0 Å². The van der Waals surface area contributed by atoms with Gasteiger partial charge in [-0.2, -0.15) is 0 Å². The molecule has 0 spiro atoms.